The van der Waals surface area contributed by atoms with Crippen molar-refractivity contribution in [2.75, 3.05) is 20.0 Å². The largest absolute Gasteiger partial charge is 0.504 e. The molecule has 1 aromatic heterocycles. The van der Waals surface area contributed by atoms with Crippen molar-refractivity contribution in [1.29, 1.82) is 0 Å². The average molecular weight is 362 g/mol. The first-order chi connectivity index (χ1) is 12.0. The molecule has 0 aliphatic rings. The fraction of sp³-hybridized carbons (Fsp3) is 0.250. The van der Waals surface area contributed by atoms with Crippen LogP contribution in [0.2, 0.25) is 0 Å². The minimum atomic E-state index is -0.458. The zero-order valence-electron chi connectivity index (χ0n) is 14.0. The minimum absolute atomic E-state index is 0.0553. The van der Waals surface area contributed by atoms with Crippen LogP contribution in [-0.2, 0) is 4.79 Å². The van der Waals surface area contributed by atoms with E-state index in [9.17, 15) is 9.90 Å². The Bertz CT molecular complexity index is 783. The van der Waals surface area contributed by atoms with Crippen molar-refractivity contribution < 1.29 is 19.4 Å². The number of aromatic hydroxyl groups is 1. The van der Waals surface area contributed by atoms with E-state index in [0.717, 1.165) is 5.69 Å². The van der Waals surface area contributed by atoms with E-state index in [2.05, 4.69) is 20.5 Å². The third kappa shape index (κ3) is 5.35. The van der Waals surface area contributed by atoms with Crippen molar-refractivity contribution in [2.24, 2.45) is 5.10 Å². The highest BCUT2D eigenvalue weighted by Gasteiger charge is 2.07. The maximum Gasteiger partial charge on any atom is 0.278 e. The second kappa shape index (κ2) is 8.88. The van der Waals surface area contributed by atoms with Crippen LogP contribution in [0.25, 0.3) is 0 Å². The minimum Gasteiger partial charge on any atom is -0.504 e. The summed E-state index contributed by atoms with van der Waals surface area (Å²) in [7, 11) is 1.45. The first-order valence-corrected chi connectivity index (χ1v) is 8.46. The fourth-order valence-corrected chi connectivity index (χ4v) is 2.25. The Morgan fingerprint density at radius 2 is 2.24 bits per heavy atom. The summed E-state index contributed by atoms with van der Waals surface area (Å²) in [6.07, 6.45) is 3.17. The highest BCUT2D eigenvalue weighted by Crippen LogP contribution is 2.27. The highest BCUT2D eigenvalue weighted by molar-refractivity contribution is 7.98. The molecule has 0 aliphatic heterocycles. The molecule has 0 atom stereocenters. The van der Waals surface area contributed by atoms with Crippen molar-refractivity contribution in [3.05, 3.63) is 35.5 Å². The Morgan fingerprint density at radius 3 is 2.96 bits per heavy atom. The number of phenols is 1. The number of hydrogen-bond donors (Lipinski definition) is 2. The van der Waals surface area contributed by atoms with E-state index >= 15 is 0 Å². The molecule has 0 saturated heterocycles. The maximum atomic E-state index is 11.8. The molecule has 8 nitrogen and oxygen atoms in total. The summed E-state index contributed by atoms with van der Waals surface area (Å²) in [6.45, 7) is 1.57. The molecule has 2 N–H and O–H groups in total. The van der Waals surface area contributed by atoms with E-state index in [-0.39, 0.29) is 12.4 Å². The fourth-order valence-electron chi connectivity index (χ4n) is 1.83. The van der Waals surface area contributed by atoms with E-state index in [1.165, 1.54) is 25.1 Å². The number of ether oxygens (including phenoxy) is 2. The van der Waals surface area contributed by atoms with Crippen molar-refractivity contribution in [1.82, 2.24) is 15.4 Å². The van der Waals surface area contributed by atoms with Crippen molar-refractivity contribution >= 4 is 23.9 Å². The van der Waals surface area contributed by atoms with E-state index in [0.29, 0.717) is 22.3 Å². The smallest absolute Gasteiger partial charge is 0.278 e. The van der Waals surface area contributed by atoms with Crippen molar-refractivity contribution in [3.63, 3.8) is 0 Å². The predicted octanol–water partition coefficient (Wildman–Crippen LogP) is 1.75. The number of thioether (sulfide) groups is 1. The number of rotatable bonds is 7. The molecule has 132 valence electrons. The van der Waals surface area contributed by atoms with E-state index in [4.69, 9.17) is 9.47 Å². The summed E-state index contributed by atoms with van der Waals surface area (Å²) in [5, 5.41) is 14.3. The van der Waals surface area contributed by atoms with Crippen molar-refractivity contribution in [3.8, 4) is 17.4 Å². The Labute approximate surface area is 149 Å². The van der Waals surface area contributed by atoms with Crippen LogP contribution in [0.3, 0.4) is 0 Å². The number of methoxy groups -OCH3 is 1. The molecular weight excluding hydrogens is 344 g/mol. The summed E-state index contributed by atoms with van der Waals surface area (Å²) >= 11 is 1.39. The lowest BCUT2D eigenvalue weighted by Gasteiger charge is -2.06. The summed E-state index contributed by atoms with van der Waals surface area (Å²) in [5.74, 6) is 0.129. The molecule has 0 radical (unpaired) electrons. The van der Waals surface area contributed by atoms with Gasteiger partial charge in [-0.15, -0.1) is 0 Å². The van der Waals surface area contributed by atoms with Gasteiger partial charge in [-0.25, -0.2) is 10.4 Å². The standard InChI is InChI=1S/C16H18N4O4S/c1-10-7-14(19-16(18-10)25-3)24-9-13(21)20-17-8-11-5-4-6-12(23-2)15(11)22/h4-8,22H,9H2,1-3H3,(H,20,21)/b17-8-. The Hall–Kier alpha value is -2.81. The summed E-state index contributed by atoms with van der Waals surface area (Å²) in [4.78, 5) is 20.1. The van der Waals surface area contributed by atoms with Crippen LogP contribution in [0.1, 0.15) is 11.3 Å². The third-order valence-corrected chi connectivity index (χ3v) is 3.53. The molecule has 0 saturated carbocycles. The van der Waals surface area contributed by atoms with Gasteiger partial charge in [0.15, 0.2) is 23.3 Å². The first-order valence-electron chi connectivity index (χ1n) is 7.24. The Morgan fingerprint density at radius 1 is 1.44 bits per heavy atom. The van der Waals surface area contributed by atoms with Gasteiger partial charge < -0.3 is 14.6 Å². The number of amides is 1. The average Bonchev–Trinajstić information content (AvgIpc) is 2.61. The summed E-state index contributed by atoms with van der Waals surface area (Å²) in [6, 6.07) is 6.60. The molecule has 0 aliphatic carbocycles. The number of carbonyl (C=O) groups is 1. The number of carbonyl (C=O) groups excluding carboxylic acids is 1. The zero-order valence-corrected chi connectivity index (χ0v) is 14.8. The van der Waals surface area contributed by atoms with Crippen molar-refractivity contribution in [2.45, 2.75) is 12.1 Å². The normalized spacial score (nSPS) is 10.7. The number of aryl methyl sites for hydroxylation is 1. The van der Waals surface area contributed by atoms with E-state index < -0.39 is 5.91 Å². The van der Waals surface area contributed by atoms with Crippen LogP contribution in [0.5, 0.6) is 17.4 Å². The van der Waals surface area contributed by atoms with Crippen LogP contribution < -0.4 is 14.9 Å². The second-order valence-electron chi connectivity index (χ2n) is 4.81. The summed E-state index contributed by atoms with van der Waals surface area (Å²) in [5.41, 5.74) is 3.48. The number of hydrazone groups is 1. The van der Waals surface area contributed by atoms with Crippen LogP contribution in [-0.4, -0.2) is 47.2 Å². The van der Waals surface area contributed by atoms with Gasteiger partial charge in [0, 0.05) is 17.3 Å². The monoisotopic (exact) mass is 362 g/mol. The van der Waals surface area contributed by atoms with Crippen LogP contribution in [0, 0.1) is 6.92 Å². The molecule has 1 amide bonds. The van der Waals surface area contributed by atoms with Gasteiger partial charge in [-0.3, -0.25) is 4.79 Å². The number of benzene rings is 1. The molecule has 1 aromatic carbocycles. The molecule has 0 bridgehead atoms. The SMILES string of the molecule is COc1cccc(/C=N\NC(=O)COc2cc(C)nc(SC)n2)c1O. The maximum absolute atomic E-state index is 11.8. The Kier molecular flexibility index (Phi) is 6.58. The van der Waals surface area contributed by atoms with Crippen LogP contribution in [0.15, 0.2) is 34.5 Å². The molecule has 0 spiro atoms. The number of nitrogens with zero attached hydrogens (tertiary/aromatic N) is 3. The van der Waals surface area contributed by atoms with E-state index in [1.54, 1.807) is 24.3 Å². The predicted molar refractivity (Wildman–Crippen MR) is 94.4 cm³/mol. The highest BCUT2D eigenvalue weighted by atomic mass is 32.2. The first kappa shape index (κ1) is 18.5. The molecule has 0 unspecified atom stereocenters. The van der Waals surface area contributed by atoms with E-state index in [1.807, 2.05) is 13.2 Å². The second-order valence-corrected chi connectivity index (χ2v) is 5.59. The van der Waals surface area contributed by atoms with Gasteiger partial charge in [-0.2, -0.15) is 10.1 Å². The Balaban J connectivity index is 1.90. The lowest BCUT2D eigenvalue weighted by Crippen LogP contribution is -2.25. The zero-order chi connectivity index (χ0) is 18.2. The van der Waals surface area contributed by atoms with Gasteiger partial charge in [0.05, 0.1) is 13.3 Å². The van der Waals surface area contributed by atoms with Crippen LogP contribution >= 0.6 is 11.8 Å². The van der Waals surface area contributed by atoms with Gasteiger partial charge in [0.25, 0.3) is 5.91 Å². The van der Waals surface area contributed by atoms with Gasteiger partial charge >= 0.3 is 0 Å². The molecule has 25 heavy (non-hydrogen) atoms. The number of hydrogen-bond acceptors (Lipinski definition) is 8. The van der Waals surface area contributed by atoms with Gasteiger partial charge in [0.1, 0.15) is 0 Å². The molecule has 2 rings (SSSR count). The molecular formula is C16H18N4O4S. The number of phenolic OH excluding ortho intramolecular Hbond substituents is 1. The summed E-state index contributed by atoms with van der Waals surface area (Å²) < 4.78 is 10.3. The van der Waals surface area contributed by atoms with Gasteiger partial charge in [-0.1, -0.05) is 17.8 Å². The molecule has 2 aromatic rings. The molecule has 1 heterocycles. The van der Waals surface area contributed by atoms with Gasteiger partial charge in [0.2, 0.25) is 5.88 Å². The lowest BCUT2D eigenvalue weighted by atomic mass is 10.2. The third-order valence-electron chi connectivity index (χ3n) is 2.99. The molecule has 9 heteroatoms. The number of para-hydroxylation sites is 1. The number of aromatic nitrogens is 2. The topological polar surface area (TPSA) is 106 Å². The number of nitrogens with one attached hydrogen (secondary N) is 1. The van der Waals surface area contributed by atoms with Crippen LogP contribution in [0.4, 0.5) is 0 Å². The lowest BCUT2D eigenvalue weighted by molar-refractivity contribution is -0.123. The molecule has 0 fully saturated rings. The quantitative estimate of drug-likeness (QED) is 0.334. The van der Waals surface area contributed by atoms with Gasteiger partial charge in [-0.05, 0) is 25.3 Å².